The zero-order valence-electron chi connectivity index (χ0n) is 10.0. The summed E-state index contributed by atoms with van der Waals surface area (Å²) in [5.74, 6) is 0.215. The number of hydrogen-bond acceptors (Lipinski definition) is 2. The molecule has 0 aromatic heterocycles. The van der Waals surface area contributed by atoms with Crippen molar-refractivity contribution in [3.63, 3.8) is 0 Å². The second kappa shape index (κ2) is 6.23. The summed E-state index contributed by atoms with van der Waals surface area (Å²) in [5.41, 5.74) is 3.52. The molecule has 0 atom stereocenters. The first-order valence-corrected chi connectivity index (χ1v) is 5.52. The minimum atomic E-state index is 0.215. The van der Waals surface area contributed by atoms with Gasteiger partial charge in [0.2, 0.25) is 0 Å². The number of benzene rings is 1. The molecule has 0 saturated carbocycles. The van der Waals surface area contributed by atoms with E-state index in [-0.39, 0.29) is 5.78 Å². The number of aryl methyl sites for hydroxylation is 2. The fourth-order valence-corrected chi connectivity index (χ4v) is 1.77. The van der Waals surface area contributed by atoms with Gasteiger partial charge in [0.1, 0.15) is 0 Å². The largest absolute Gasteiger partial charge is 0.307 e. The normalized spacial score (nSPS) is 10.1. The molecule has 0 unspecified atom stereocenters. The molecule has 1 N–H and O–H groups in total. The fourth-order valence-electron chi connectivity index (χ4n) is 1.77. The Hall–Kier alpha value is -1.41. The maximum Gasteiger partial charge on any atom is 0.150 e. The zero-order chi connectivity index (χ0) is 12.0. The van der Waals surface area contributed by atoms with Gasteiger partial charge in [-0.3, -0.25) is 4.79 Å². The molecule has 16 heavy (non-hydrogen) atoms. The highest BCUT2D eigenvalue weighted by atomic mass is 16.1. The summed E-state index contributed by atoms with van der Waals surface area (Å²) < 4.78 is 0. The molecule has 0 aliphatic rings. The molecule has 0 aliphatic heterocycles. The van der Waals surface area contributed by atoms with Gasteiger partial charge in [0.05, 0.1) is 6.54 Å². The van der Waals surface area contributed by atoms with Crippen LogP contribution in [0.3, 0.4) is 0 Å². The van der Waals surface area contributed by atoms with Gasteiger partial charge in [-0.1, -0.05) is 35.4 Å². The van der Waals surface area contributed by atoms with Crippen molar-refractivity contribution >= 4 is 5.78 Å². The molecule has 1 aromatic carbocycles. The van der Waals surface area contributed by atoms with Crippen LogP contribution in [0.1, 0.15) is 16.7 Å². The van der Waals surface area contributed by atoms with E-state index in [0.29, 0.717) is 19.5 Å². The maximum absolute atomic E-state index is 11.6. The standard InChI is InChI=1S/C14H19NO/c1-4-5-15-10-14(16)9-13-7-11(2)6-12(3)8-13/h4,6-8,15H,1,5,9-10H2,2-3H3. The first-order valence-electron chi connectivity index (χ1n) is 5.52. The number of Topliss-reactive ketones (excluding diaryl/α,β-unsaturated/α-hetero) is 1. The van der Waals surface area contributed by atoms with Crippen LogP contribution in [-0.2, 0) is 11.2 Å². The lowest BCUT2D eigenvalue weighted by atomic mass is 10.0. The van der Waals surface area contributed by atoms with Crippen molar-refractivity contribution in [2.45, 2.75) is 20.3 Å². The van der Waals surface area contributed by atoms with Crippen molar-refractivity contribution in [1.29, 1.82) is 0 Å². The van der Waals surface area contributed by atoms with Gasteiger partial charge in [-0.2, -0.15) is 0 Å². The molecule has 86 valence electrons. The van der Waals surface area contributed by atoms with Crippen LogP contribution in [0.25, 0.3) is 0 Å². The van der Waals surface area contributed by atoms with Crippen molar-refractivity contribution in [3.05, 3.63) is 47.5 Å². The molecule has 2 nitrogen and oxygen atoms in total. The highest BCUT2D eigenvalue weighted by Crippen LogP contribution is 2.09. The average molecular weight is 217 g/mol. The monoisotopic (exact) mass is 217 g/mol. The predicted octanol–water partition coefficient (Wildman–Crippen LogP) is 2.19. The second-order valence-electron chi connectivity index (χ2n) is 4.13. The van der Waals surface area contributed by atoms with Crippen LogP contribution in [0.5, 0.6) is 0 Å². The van der Waals surface area contributed by atoms with Gasteiger partial charge in [-0.05, 0) is 19.4 Å². The molecule has 0 spiro atoms. The molecule has 1 aromatic rings. The second-order valence-corrected chi connectivity index (χ2v) is 4.13. The number of nitrogens with one attached hydrogen (secondary N) is 1. The van der Waals surface area contributed by atoms with Gasteiger partial charge in [0.15, 0.2) is 5.78 Å². The van der Waals surface area contributed by atoms with Crippen LogP contribution >= 0.6 is 0 Å². The highest BCUT2D eigenvalue weighted by molar-refractivity contribution is 5.82. The summed E-state index contributed by atoms with van der Waals surface area (Å²) in [6, 6.07) is 6.25. The smallest absolute Gasteiger partial charge is 0.150 e. The van der Waals surface area contributed by atoms with E-state index in [9.17, 15) is 4.79 Å². The van der Waals surface area contributed by atoms with E-state index in [1.54, 1.807) is 6.08 Å². The molecule has 2 heteroatoms. The van der Waals surface area contributed by atoms with Crippen LogP contribution in [0, 0.1) is 13.8 Å². The van der Waals surface area contributed by atoms with Crippen molar-refractivity contribution in [2.24, 2.45) is 0 Å². The lowest BCUT2D eigenvalue weighted by Crippen LogP contribution is -2.24. The summed E-state index contributed by atoms with van der Waals surface area (Å²) in [7, 11) is 0. The molecular formula is C14H19NO. The fraction of sp³-hybridized carbons (Fsp3) is 0.357. The Morgan fingerprint density at radius 2 is 1.94 bits per heavy atom. The lowest BCUT2D eigenvalue weighted by molar-refractivity contribution is -0.117. The van der Waals surface area contributed by atoms with Gasteiger partial charge in [0, 0.05) is 13.0 Å². The maximum atomic E-state index is 11.6. The molecule has 1 rings (SSSR count). The molecule has 0 radical (unpaired) electrons. The Morgan fingerprint density at radius 3 is 2.50 bits per heavy atom. The van der Waals surface area contributed by atoms with E-state index in [4.69, 9.17) is 0 Å². The van der Waals surface area contributed by atoms with Gasteiger partial charge in [0.25, 0.3) is 0 Å². The lowest BCUT2D eigenvalue weighted by Gasteiger charge is -2.05. The van der Waals surface area contributed by atoms with Crippen molar-refractivity contribution in [2.75, 3.05) is 13.1 Å². The molecular weight excluding hydrogens is 198 g/mol. The number of carbonyl (C=O) groups is 1. The van der Waals surface area contributed by atoms with E-state index in [0.717, 1.165) is 5.56 Å². The summed E-state index contributed by atoms with van der Waals surface area (Å²) in [6.07, 6.45) is 2.26. The molecule has 0 aliphatic carbocycles. The van der Waals surface area contributed by atoms with E-state index < -0.39 is 0 Å². The van der Waals surface area contributed by atoms with Crippen LogP contribution in [-0.4, -0.2) is 18.9 Å². The highest BCUT2D eigenvalue weighted by Gasteiger charge is 2.03. The Bertz CT molecular complexity index is 362. The van der Waals surface area contributed by atoms with Crippen LogP contribution in [0.2, 0.25) is 0 Å². The molecule has 0 bridgehead atoms. The molecule has 0 heterocycles. The molecule has 0 amide bonds. The van der Waals surface area contributed by atoms with Gasteiger partial charge in [-0.15, -0.1) is 6.58 Å². The SMILES string of the molecule is C=CCNCC(=O)Cc1cc(C)cc(C)c1. The third-order valence-electron chi connectivity index (χ3n) is 2.29. The first-order chi connectivity index (χ1) is 7.61. The summed E-state index contributed by atoms with van der Waals surface area (Å²) >= 11 is 0. The third-order valence-corrected chi connectivity index (χ3v) is 2.29. The predicted molar refractivity (Wildman–Crippen MR) is 67.7 cm³/mol. The minimum Gasteiger partial charge on any atom is -0.307 e. The molecule has 0 fully saturated rings. The topological polar surface area (TPSA) is 29.1 Å². The van der Waals surface area contributed by atoms with E-state index >= 15 is 0 Å². The van der Waals surface area contributed by atoms with Gasteiger partial charge < -0.3 is 5.32 Å². The summed E-state index contributed by atoms with van der Waals surface area (Å²) in [6.45, 7) is 8.79. The number of carbonyl (C=O) groups excluding carboxylic acids is 1. The van der Waals surface area contributed by atoms with Gasteiger partial charge >= 0.3 is 0 Å². The van der Waals surface area contributed by atoms with Crippen molar-refractivity contribution in [3.8, 4) is 0 Å². The van der Waals surface area contributed by atoms with Crippen LogP contribution < -0.4 is 5.32 Å². The number of rotatable bonds is 6. The number of hydrogen-bond donors (Lipinski definition) is 1. The minimum absolute atomic E-state index is 0.215. The van der Waals surface area contributed by atoms with E-state index in [2.05, 4.69) is 43.9 Å². The Kier molecular flexibility index (Phi) is 4.93. The summed E-state index contributed by atoms with van der Waals surface area (Å²) in [4.78, 5) is 11.6. The van der Waals surface area contributed by atoms with Crippen LogP contribution in [0.15, 0.2) is 30.9 Å². The van der Waals surface area contributed by atoms with Gasteiger partial charge in [-0.25, -0.2) is 0 Å². The average Bonchev–Trinajstić information content (AvgIpc) is 2.16. The van der Waals surface area contributed by atoms with Crippen LogP contribution in [0.4, 0.5) is 0 Å². The Balaban J connectivity index is 2.52. The zero-order valence-corrected chi connectivity index (χ0v) is 10.0. The Morgan fingerprint density at radius 1 is 1.31 bits per heavy atom. The summed E-state index contributed by atoms with van der Waals surface area (Å²) in [5, 5.41) is 3.02. The third kappa shape index (κ3) is 4.41. The van der Waals surface area contributed by atoms with E-state index in [1.807, 2.05) is 0 Å². The Labute approximate surface area is 97.4 Å². The quantitative estimate of drug-likeness (QED) is 0.584. The molecule has 0 saturated heterocycles. The van der Waals surface area contributed by atoms with Crippen molar-refractivity contribution < 1.29 is 4.79 Å². The van der Waals surface area contributed by atoms with Crippen molar-refractivity contribution in [1.82, 2.24) is 5.32 Å². The van der Waals surface area contributed by atoms with E-state index in [1.165, 1.54) is 11.1 Å². The first kappa shape index (κ1) is 12.7. The number of ketones is 1.